The molecule has 2 amide bonds. The lowest BCUT2D eigenvalue weighted by molar-refractivity contribution is 0.0635. The Morgan fingerprint density at radius 1 is 0.912 bits per heavy atom. The zero-order valence-electron chi connectivity index (χ0n) is 20.5. The molecule has 0 atom stereocenters. The number of rotatable bonds is 9. The highest BCUT2D eigenvalue weighted by Crippen LogP contribution is 2.30. The highest BCUT2D eigenvalue weighted by molar-refractivity contribution is 7.89. The molecule has 0 aliphatic heterocycles. The molecule has 0 spiro atoms. The second kappa shape index (κ2) is 11.3. The molecule has 0 aromatic heterocycles. The Hall–Kier alpha value is -3.11. The first-order valence-corrected chi connectivity index (χ1v) is 12.5. The minimum atomic E-state index is -3.80. The van der Waals surface area contributed by atoms with Gasteiger partial charge in [-0.1, -0.05) is 13.8 Å². The zero-order chi connectivity index (χ0) is 25.5. The van der Waals surface area contributed by atoms with Gasteiger partial charge >= 0.3 is 6.09 Å². The number of hydrogen-bond acceptors (Lipinski definition) is 6. The van der Waals surface area contributed by atoms with Gasteiger partial charge in [0.25, 0.3) is 5.91 Å². The maximum absolute atomic E-state index is 13.1. The normalized spacial score (nSPS) is 11.7. The van der Waals surface area contributed by atoms with Gasteiger partial charge in [0.1, 0.15) is 16.2 Å². The summed E-state index contributed by atoms with van der Waals surface area (Å²) in [6, 6.07) is 10.8. The number of ether oxygens (including phenoxy) is 2. The van der Waals surface area contributed by atoms with Gasteiger partial charge in [0.15, 0.2) is 0 Å². The van der Waals surface area contributed by atoms with Gasteiger partial charge < -0.3 is 14.8 Å². The third-order valence-electron chi connectivity index (χ3n) is 4.62. The summed E-state index contributed by atoms with van der Waals surface area (Å²) >= 11 is 0. The Morgan fingerprint density at radius 3 is 2.03 bits per heavy atom. The standard InChI is InChI=1S/C24H33N3O6S/c1-7-27(8-2)34(30,31)21-16-19(14-15-20(21)32-9-3)25-22(28)17-10-12-18(13-11-17)26-23(29)33-24(4,5)6/h10-16H,7-9H2,1-6H3,(H,25,28)(H,26,29). The molecule has 0 saturated carbocycles. The van der Waals surface area contributed by atoms with Gasteiger partial charge in [0, 0.05) is 30.0 Å². The number of sulfonamides is 1. The fraction of sp³-hybridized carbons (Fsp3) is 0.417. The predicted octanol–water partition coefficient (Wildman–Crippen LogP) is 4.72. The van der Waals surface area contributed by atoms with E-state index in [1.54, 1.807) is 71.9 Å². The van der Waals surface area contributed by atoms with E-state index in [9.17, 15) is 18.0 Å². The van der Waals surface area contributed by atoms with Crippen LogP contribution < -0.4 is 15.4 Å². The van der Waals surface area contributed by atoms with Crippen LogP contribution in [0.4, 0.5) is 16.2 Å². The summed E-state index contributed by atoms with van der Waals surface area (Å²) in [4.78, 5) is 24.6. The van der Waals surface area contributed by atoms with E-state index in [2.05, 4.69) is 10.6 Å². The number of nitrogens with one attached hydrogen (secondary N) is 2. The molecule has 2 rings (SSSR count). The van der Waals surface area contributed by atoms with Crippen molar-refractivity contribution in [1.29, 1.82) is 0 Å². The first kappa shape index (κ1) is 27.1. The smallest absolute Gasteiger partial charge is 0.412 e. The number of anilines is 2. The second-order valence-corrected chi connectivity index (χ2v) is 10.2. The molecule has 34 heavy (non-hydrogen) atoms. The van der Waals surface area contributed by atoms with Crippen molar-refractivity contribution in [2.45, 2.75) is 52.0 Å². The molecule has 186 valence electrons. The lowest BCUT2D eigenvalue weighted by Crippen LogP contribution is -2.31. The molecule has 2 N–H and O–H groups in total. The number of amides is 2. The van der Waals surface area contributed by atoms with Gasteiger partial charge in [-0.05, 0) is 70.2 Å². The lowest BCUT2D eigenvalue weighted by Gasteiger charge is -2.21. The molecule has 0 fully saturated rings. The maximum Gasteiger partial charge on any atom is 0.412 e. The lowest BCUT2D eigenvalue weighted by atomic mass is 10.2. The van der Waals surface area contributed by atoms with Crippen molar-refractivity contribution < 1.29 is 27.5 Å². The number of nitrogens with zero attached hydrogens (tertiary/aromatic N) is 1. The van der Waals surface area contributed by atoms with Gasteiger partial charge in [0.2, 0.25) is 10.0 Å². The molecule has 0 bridgehead atoms. The molecule has 10 heteroatoms. The fourth-order valence-corrected chi connectivity index (χ4v) is 4.71. The van der Waals surface area contributed by atoms with Crippen molar-refractivity contribution in [2.24, 2.45) is 0 Å². The van der Waals surface area contributed by atoms with Gasteiger partial charge in [-0.25, -0.2) is 13.2 Å². The van der Waals surface area contributed by atoms with E-state index in [1.165, 1.54) is 16.4 Å². The van der Waals surface area contributed by atoms with E-state index < -0.39 is 27.6 Å². The number of carbonyl (C=O) groups is 2. The van der Waals surface area contributed by atoms with Crippen LogP contribution in [0.3, 0.4) is 0 Å². The summed E-state index contributed by atoms with van der Waals surface area (Å²) in [5.41, 5.74) is 0.491. The Labute approximate surface area is 201 Å². The molecule has 2 aromatic carbocycles. The van der Waals surface area contributed by atoms with Crippen LogP contribution in [0.2, 0.25) is 0 Å². The van der Waals surface area contributed by atoms with E-state index in [4.69, 9.17) is 9.47 Å². The van der Waals surface area contributed by atoms with Crippen molar-refractivity contribution >= 4 is 33.4 Å². The van der Waals surface area contributed by atoms with Crippen LogP contribution in [0, 0.1) is 0 Å². The summed E-state index contributed by atoms with van der Waals surface area (Å²) in [6.07, 6.45) is -0.596. The first-order chi connectivity index (χ1) is 15.9. The predicted molar refractivity (Wildman–Crippen MR) is 132 cm³/mol. The van der Waals surface area contributed by atoms with Crippen molar-refractivity contribution in [2.75, 3.05) is 30.3 Å². The monoisotopic (exact) mass is 491 g/mol. The van der Waals surface area contributed by atoms with E-state index in [1.807, 2.05) is 0 Å². The quantitative estimate of drug-likeness (QED) is 0.525. The summed E-state index contributed by atoms with van der Waals surface area (Å²) in [6.45, 7) is 11.5. The van der Waals surface area contributed by atoms with Crippen molar-refractivity contribution in [1.82, 2.24) is 4.31 Å². The first-order valence-electron chi connectivity index (χ1n) is 11.1. The SMILES string of the molecule is CCOc1ccc(NC(=O)c2ccc(NC(=O)OC(C)(C)C)cc2)cc1S(=O)(=O)N(CC)CC. The largest absolute Gasteiger partial charge is 0.492 e. The Bertz CT molecular complexity index is 1100. The Morgan fingerprint density at radius 2 is 1.50 bits per heavy atom. The molecule has 0 saturated heterocycles. The maximum atomic E-state index is 13.1. The Balaban J connectivity index is 2.22. The molecule has 0 aliphatic rings. The molecule has 2 aromatic rings. The van der Waals surface area contributed by atoms with Crippen LogP contribution in [0.1, 0.15) is 51.9 Å². The fourth-order valence-electron chi connectivity index (χ4n) is 3.09. The third-order valence-corrected chi connectivity index (χ3v) is 6.69. The van der Waals surface area contributed by atoms with Gasteiger partial charge in [-0.2, -0.15) is 4.31 Å². The number of hydrogen-bond donors (Lipinski definition) is 2. The Kier molecular flexibility index (Phi) is 9.06. The van der Waals surface area contributed by atoms with Gasteiger partial charge in [0.05, 0.1) is 6.61 Å². The summed E-state index contributed by atoms with van der Waals surface area (Å²) < 4.78 is 38.2. The van der Waals surface area contributed by atoms with Crippen LogP contribution in [-0.2, 0) is 14.8 Å². The molecule has 9 nitrogen and oxygen atoms in total. The van der Waals surface area contributed by atoms with Crippen LogP contribution in [-0.4, -0.2) is 50.0 Å². The van der Waals surface area contributed by atoms with Crippen molar-refractivity contribution in [3.05, 3.63) is 48.0 Å². The topological polar surface area (TPSA) is 114 Å². The van der Waals surface area contributed by atoms with Crippen molar-refractivity contribution in [3.63, 3.8) is 0 Å². The van der Waals surface area contributed by atoms with E-state index in [0.29, 0.717) is 36.6 Å². The highest BCUT2D eigenvalue weighted by Gasteiger charge is 2.26. The third kappa shape index (κ3) is 7.19. The summed E-state index contributed by atoms with van der Waals surface area (Å²) in [5.74, 6) is -0.205. The minimum absolute atomic E-state index is 0.00670. The average molecular weight is 492 g/mol. The van der Waals surface area contributed by atoms with Gasteiger partial charge in [-0.3, -0.25) is 10.1 Å². The van der Waals surface area contributed by atoms with E-state index in [-0.39, 0.29) is 10.6 Å². The van der Waals surface area contributed by atoms with Crippen LogP contribution >= 0.6 is 0 Å². The molecule has 0 radical (unpaired) electrons. The zero-order valence-corrected chi connectivity index (χ0v) is 21.3. The average Bonchev–Trinajstić information content (AvgIpc) is 2.74. The van der Waals surface area contributed by atoms with Crippen LogP contribution in [0.25, 0.3) is 0 Å². The molecule has 0 unspecified atom stereocenters. The molecular weight excluding hydrogens is 458 g/mol. The highest BCUT2D eigenvalue weighted by atomic mass is 32.2. The summed E-state index contributed by atoms with van der Waals surface area (Å²) in [5, 5.41) is 5.32. The van der Waals surface area contributed by atoms with E-state index >= 15 is 0 Å². The second-order valence-electron chi connectivity index (χ2n) is 8.34. The van der Waals surface area contributed by atoms with Crippen molar-refractivity contribution in [3.8, 4) is 5.75 Å². The summed E-state index contributed by atoms with van der Waals surface area (Å²) in [7, 11) is -3.80. The molecule has 0 aliphatic carbocycles. The molecule has 0 heterocycles. The molecular formula is C24H33N3O6S. The van der Waals surface area contributed by atoms with Crippen LogP contribution in [0.15, 0.2) is 47.4 Å². The number of benzene rings is 2. The van der Waals surface area contributed by atoms with E-state index in [0.717, 1.165) is 0 Å². The number of carbonyl (C=O) groups excluding carboxylic acids is 2. The van der Waals surface area contributed by atoms with Crippen LogP contribution in [0.5, 0.6) is 5.75 Å². The van der Waals surface area contributed by atoms with Gasteiger partial charge in [-0.15, -0.1) is 0 Å². The minimum Gasteiger partial charge on any atom is -0.492 e.